The molecule has 0 amide bonds. The van der Waals surface area contributed by atoms with E-state index in [1.54, 1.807) is 0 Å². The number of hydrogen-bond acceptors (Lipinski definition) is 2. The zero-order chi connectivity index (χ0) is 10.7. The van der Waals surface area contributed by atoms with Gasteiger partial charge >= 0.3 is 0 Å². The van der Waals surface area contributed by atoms with Crippen LogP contribution in [0.3, 0.4) is 0 Å². The number of nitrogens with zero attached hydrogens (tertiary/aromatic N) is 1. The highest BCUT2D eigenvalue weighted by Gasteiger charge is 2.41. The van der Waals surface area contributed by atoms with E-state index in [1.807, 2.05) is 0 Å². The number of rotatable bonds is 2. The Balaban J connectivity index is 2.01. The largest absolute Gasteiger partial charge is 0.316 e. The van der Waals surface area contributed by atoms with E-state index in [0.717, 1.165) is 5.92 Å². The van der Waals surface area contributed by atoms with Crippen molar-refractivity contribution in [2.24, 2.45) is 11.3 Å². The molecule has 88 valence electrons. The lowest BCUT2D eigenvalue weighted by atomic mass is 9.63. The third-order valence-corrected chi connectivity index (χ3v) is 4.68. The molecule has 2 saturated heterocycles. The minimum atomic E-state index is 0.702. The molecule has 1 spiro atoms. The van der Waals surface area contributed by atoms with Crippen molar-refractivity contribution in [3.8, 4) is 0 Å². The lowest BCUT2D eigenvalue weighted by Gasteiger charge is -2.49. The van der Waals surface area contributed by atoms with Crippen molar-refractivity contribution in [1.29, 1.82) is 0 Å². The highest BCUT2D eigenvalue weighted by Crippen LogP contribution is 2.45. The highest BCUT2D eigenvalue weighted by atomic mass is 15.1. The molecule has 2 nitrogen and oxygen atoms in total. The monoisotopic (exact) mass is 210 g/mol. The molecule has 1 unspecified atom stereocenters. The van der Waals surface area contributed by atoms with Gasteiger partial charge in [-0.2, -0.15) is 0 Å². The molecule has 2 heterocycles. The quantitative estimate of drug-likeness (QED) is 0.751. The second-order valence-corrected chi connectivity index (χ2v) is 5.61. The van der Waals surface area contributed by atoms with Crippen molar-refractivity contribution in [2.45, 2.75) is 39.0 Å². The van der Waals surface area contributed by atoms with E-state index >= 15 is 0 Å². The van der Waals surface area contributed by atoms with E-state index in [2.05, 4.69) is 24.2 Å². The lowest BCUT2D eigenvalue weighted by molar-refractivity contribution is 0.0261. The Hall–Kier alpha value is -0.0800. The van der Waals surface area contributed by atoms with Crippen LogP contribution in [0.2, 0.25) is 0 Å². The van der Waals surface area contributed by atoms with Crippen LogP contribution in [0.1, 0.15) is 39.0 Å². The van der Waals surface area contributed by atoms with Crippen LogP contribution in [-0.2, 0) is 0 Å². The molecule has 0 saturated carbocycles. The van der Waals surface area contributed by atoms with Gasteiger partial charge in [-0.15, -0.1) is 0 Å². The first-order valence-corrected chi connectivity index (χ1v) is 6.66. The number of piperidine rings is 2. The van der Waals surface area contributed by atoms with E-state index in [-0.39, 0.29) is 0 Å². The van der Waals surface area contributed by atoms with Crippen LogP contribution in [0.25, 0.3) is 0 Å². The smallest absolute Gasteiger partial charge is 0.00152 e. The van der Waals surface area contributed by atoms with Gasteiger partial charge in [0.2, 0.25) is 0 Å². The van der Waals surface area contributed by atoms with Gasteiger partial charge in [0.05, 0.1) is 0 Å². The molecule has 0 aromatic rings. The highest BCUT2D eigenvalue weighted by molar-refractivity contribution is 4.94. The first-order valence-electron chi connectivity index (χ1n) is 6.66. The molecule has 0 aromatic heterocycles. The van der Waals surface area contributed by atoms with Crippen LogP contribution < -0.4 is 5.32 Å². The number of likely N-dealkylation sites (tertiary alicyclic amines) is 1. The van der Waals surface area contributed by atoms with Gasteiger partial charge in [-0.25, -0.2) is 0 Å². The van der Waals surface area contributed by atoms with Gasteiger partial charge in [-0.1, -0.05) is 13.3 Å². The maximum Gasteiger partial charge on any atom is -0.00152 e. The fourth-order valence-electron chi connectivity index (χ4n) is 3.51. The van der Waals surface area contributed by atoms with Gasteiger partial charge in [-0.05, 0) is 70.2 Å². The molecule has 0 aliphatic carbocycles. The Labute approximate surface area is 94.4 Å². The van der Waals surface area contributed by atoms with E-state index in [0.29, 0.717) is 5.41 Å². The van der Waals surface area contributed by atoms with Gasteiger partial charge in [0, 0.05) is 0 Å². The second-order valence-electron chi connectivity index (χ2n) is 5.61. The summed E-state index contributed by atoms with van der Waals surface area (Å²) in [6, 6.07) is 0. The molecule has 2 rings (SSSR count). The van der Waals surface area contributed by atoms with Crippen LogP contribution in [0.4, 0.5) is 0 Å². The normalized spacial score (nSPS) is 32.0. The second kappa shape index (κ2) is 4.84. The summed E-state index contributed by atoms with van der Waals surface area (Å²) in [7, 11) is 2.27. The van der Waals surface area contributed by atoms with Crippen molar-refractivity contribution in [3.63, 3.8) is 0 Å². The van der Waals surface area contributed by atoms with E-state index < -0.39 is 0 Å². The molecule has 1 atom stereocenters. The SMILES string of the molecule is CCCC1CNCCC12CCN(C)CC2. The first kappa shape index (κ1) is 11.4. The average molecular weight is 210 g/mol. The molecule has 2 aliphatic heterocycles. The van der Waals surface area contributed by atoms with Gasteiger partial charge in [0.25, 0.3) is 0 Å². The molecule has 2 heteroatoms. The molecule has 1 N–H and O–H groups in total. The van der Waals surface area contributed by atoms with Gasteiger partial charge in [0.15, 0.2) is 0 Å². The van der Waals surface area contributed by atoms with Crippen LogP contribution in [0.15, 0.2) is 0 Å². The van der Waals surface area contributed by atoms with Crippen molar-refractivity contribution in [3.05, 3.63) is 0 Å². The topological polar surface area (TPSA) is 15.3 Å². The fraction of sp³-hybridized carbons (Fsp3) is 1.00. The minimum Gasteiger partial charge on any atom is -0.316 e. The maximum atomic E-state index is 3.59. The van der Waals surface area contributed by atoms with Crippen LogP contribution in [0.5, 0.6) is 0 Å². The molecule has 2 aliphatic rings. The summed E-state index contributed by atoms with van der Waals surface area (Å²) in [4.78, 5) is 2.50. The maximum absolute atomic E-state index is 3.59. The third kappa shape index (κ3) is 2.36. The summed E-state index contributed by atoms with van der Waals surface area (Å²) in [6.45, 7) is 7.50. The molecule has 0 radical (unpaired) electrons. The summed E-state index contributed by atoms with van der Waals surface area (Å²) < 4.78 is 0. The minimum absolute atomic E-state index is 0.702. The lowest BCUT2D eigenvalue weighted by Crippen LogP contribution is -2.50. The van der Waals surface area contributed by atoms with Crippen molar-refractivity contribution >= 4 is 0 Å². The molecular weight excluding hydrogens is 184 g/mol. The Morgan fingerprint density at radius 1 is 1.27 bits per heavy atom. The summed E-state index contributed by atoms with van der Waals surface area (Å²) in [6.07, 6.45) is 7.08. The van der Waals surface area contributed by atoms with Crippen LogP contribution >= 0.6 is 0 Å². The average Bonchev–Trinajstić information content (AvgIpc) is 2.26. The zero-order valence-electron chi connectivity index (χ0n) is 10.4. The fourth-order valence-corrected chi connectivity index (χ4v) is 3.51. The summed E-state index contributed by atoms with van der Waals surface area (Å²) in [5, 5.41) is 3.59. The molecular formula is C13H26N2. The summed E-state index contributed by atoms with van der Waals surface area (Å²) in [5.74, 6) is 0.949. The number of hydrogen-bond donors (Lipinski definition) is 1. The van der Waals surface area contributed by atoms with Crippen molar-refractivity contribution in [1.82, 2.24) is 10.2 Å². The molecule has 0 aromatic carbocycles. The Bertz CT molecular complexity index is 193. The van der Waals surface area contributed by atoms with E-state index in [9.17, 15) is 0 Å². The predicted octanol–water partition coefficient (Wildman–Crippen LogP) is 2.11. The Kier molecular flexibility index (Phi) is 3.68. The Morgan fingerprint density at radius 3 is 2.67 bits per heavy atom. The standard InChI is InChI=1S/C13H26N2/c1-3-4-12-11-14-8-5-13(12)6-9-15(2)10-7-13/h12,14H,3-11H2,1-2H3. The zero-order valence-corrected chi connectivity index (χ0v) is 10.4. The molecule has 2 fully saturated rings. The summed E-state index contributed by atoms with van der Waals surface area (Å²) >= 11 is 0. The van der Waals surface area contributed by atoms with Crippen molar-refractivity contribution < 1.29 is 0 Å². The predicted molar refractivity (Wildman–Crippen MR) is 65.0 cm³/mol. The third-order valence-electron chi connectivity index (χ3n) is 4.68. The van der Waals surface area contributed by atoms with E-state index in [1.165, 1.54) is 58.3 Å². The van der Waals surface area contributed by atoms with Gasteiger partial charge in [0.1, 0.15) is 0 Å². The van der Waals surface area contributed by atoms with Gasteiger partial charge in [-0.3, -0.25) is 0 Å². The Morgan fingerprint density at radius 2 is 2.00 bits per heavy atom. The number of nitrogens with one attached hydrogen (secondary N) is 1. The molecule has 15 heavy (non-hydrogen) atoms. The van der Waals surface area contributed by atoms with Gasteiger partial charge < -0.3 is 10.2 Å². The summed E-state index contributed by atoms with van der Waals surface area (Å²) in [5.41, 5.74) is 0.702. The van der Waals surface area contributed by atoms with E-state index in [4.69, 9.17) is 0 Å². The van der Waals surface area contributed by atoms with Crippen LogP contribution in [-0.4, -0.2) is 38.1 Å². The first-order chi connectivity index (χ1) is 7.27. The van der Waals surface area contributed by atoms with Crippen LogP contribution in [0, 0.1) is 11.3 Å². The molecule has 0 bridgehead atoms. The van der Waals surface area contributed by atoms with Crippen molar-refractivity contribution in [2.75, 3.05) is 33.2 Å².